The summed E-state index contributed by atoms with van der Waals surface area (Å²) in [5.74, 6) is -2.71. The molecule has 0 amide bonds. The first-order valence-corrected chi connectivity index (χ1v) is 6.27. The molecule has 0 aliphatic carbocycles. The molecule has 0 aliphatic rings. The first-order valence-electron chi connectivity index (χ1n) is 5.47. The first kappa shape index (κ1) is 14.5. The lowest BCUT2D eigenvalue weighted by Gasteiger charge is -2.14. The Hall–Kier alpha value is -1.89. The SMILES string of the molecule is COc1cc(F)c(N)c(Nc2ccc(Br)cc2F)c1F. The molecule has 20 heavy (non-hydrogen) atoms. The van der Waals surface area contributed by atoms with Crippen LogP contribution in [0.3, 0.4) is 0 Å². The Morgan fingerprint density at radius 1 is 1.15 bits per heavy atom. The Bertz CT molecular complexity index is 665. The van der Waals surface area contributed by atoms with Crippen LogP contribution in [0, 0.1) is 17.5 Å². The highest BCUT2D eigenvalue weighted by molar-refractivity contribution is 9.10. The summed E-state index contributed by atoms with van der Waals surface area (Å²) in [5.41, 5.74) is 4.61. The van der Waals surface area contributed by atoms with Crippen LogP contribution in [-0.2, 0) is 0 Å². The molecule has 0 heterocycles. The summed E-state index contributed by atoms with van der Waals surface area (Å²) < 4.78 is 46.5. The minimum absolute atomic E-state index is 0.0357. The number of hydrogen-bond donors (Lipinski definition) is 2. The number of benzene rings is 2. The van der Waals surface area contributed by atoms with Crippen molar-refractivity contribution < 1.29 is 17.9 Å². The molecule has 2 aromatic rings. The highest BCUT2D eigenvalue weighted by atomic mass is 79.9. The van der Waals surface area contributed by atoms with E-state index in [1.54, 1.807) is 6.07 Å². The number of nitrogen functional groups attached to an aromatic ring is 1. The Morgan fingerprint density at radius 3 is 2.45 bits per heavy atom. The second-order valence-electron chi connectivity index (χ2n) is 3.91. The molecule has 2 rings (SSSR count). The van der Waals surface area contributed by atoms with E-state index in [9.17, 15) is 13.2 Å². The molecular formula is C13H10BrF3N2O. The van der Waals surface area contributed by atoms with Crippen LogP contribution in [0.5, 0.6) is 5.75 Å². The van der Waals surface area contributed by atoms with Gasteiger partial charge < -0.3 is 15.8 Å². The number of ether oxygens (including phenoxy) is 1. The van der Waals surface area contributed by atoms with Gasteiger partial charge in [-0.05, 0) is 18.2 Å². The fourth-order valence-corrected chi connectivity index (χ4v) is 1.95. The third-order valence-corrected chi connectivity index (χ3v) is 3.12. The number of nitrogens with one attached hydrogen (secondary N) is 1. The summed E-state index contributed by atoms with van der Waals surface area (Å²) >= 11 is 3.10. The van der Waals surface area contributed by atoms with Gasteiger partial charge in [-0.1, -0.05) is 15.9 Å². The molecule has 0 saturated heterocycles. The fraction of sp³-hybridized carbons (Fsp3) is 0.0769. The van der Waals surface area contributed by atoms with Crippen LogP contribution in [0.15, 0.2) is 28.7 Å². The van der Waals surface area contributed by atoms with Gasteiger partial charge in [-0.25, -0.2) is 13.2 Å². The van der Waals surface area contributed by atoms with Gasteiger partial charge in [0.25, 0.3) is 0 Å². The van der Waals surface area contributed by atoms with Crippen molar-refractivity contribution in [2.75, 3.05) is 18.2 Å². The molecule has 0 aliphatic heterocycles. The number of nitrogens with two attached hydrogens (primary N) is 1. The molecule has 3 nitrogen and oxygen atoms in total. The van der Waals surface area contributed by atoms with E-state index in [1.807, 2.05) is 0 Å². The summed E-state index contributed by atoms with van der Waals surface area (Å²) in [4.78, 5) is 0. The van der Waals surface area contributed by atoms with Crippen molar-refractivity contribution in [1.29, 1.82) is 0 Å². The predicted octanol–water partition coefficient (Wildman–Crippen LogP) is 4.20. The normalized spacial score (nSPS) is 10.4. The van der Waals surface area contributed by atoms with Gasteiger partial charge in [-0.15, -0.1) is 0 Å². The number of methoxy groups -OCH3 is 1. The average molecular weight is 347 g/mol. The third-order valence-electron chi connectivity index (χ3n) is 2.63. The molecule has 0 atom stereocenters. The molecule has 0 unspecified atom stereocenters. The monoisotopic (exact) mass is 346 g/mol. The molecule has 0 aromatic heterocycles. The second kappa shape index (κ2) is 5.62. The molecule has 2 aromatic carbocycles. The van der Waals surface area contributed by atoms with E-state index in [0.29, 0.717) is 4.47 Å². The van der Waals surface area contributed by atoms with Crippen molar-refractivity contribution in [3.05, 3.63) is 46.2 Å². The fourth-order valence-electron chi connectivity index (χ4n) is 1.61. The van der Waals surface area contributed by atoms with Crippen molar-refractivity contribution in [1.82, 2.24) is 0 Å². The standard InChI is InChI=1S/C13H10BrF3N2O/c1-20-10-5-8(16)12(18)13(11(10)17)19-9-3-2-6(14)4-7(9)15/h2-5,19H,18H2,1H3. The lowest BCUT2D eigenvalue weighted by molar-refractivity contribution is 0.384. The van der Waals surface area contributed by atoms with E-state index in [1.165, 1.54) is 19.2 Å². The zero-order valence-electron chi connectivity index (χ0n) is 10.3. The van der Waals surface area contributed by atoms with Crippen molar-refractivity contribution in [2.24, 2.45) is 0 Å². The molecule has 0 bridgehead atoms. The Kier molecular flexibility index (Phi) is 4.08. The van der Waals surface area contributed by atoms with Crippen molar-refractivity contribution in [3.8, 4) is 5.75 Å². The minimum Gasteiger partial charge on any atom is -0.493 e. The van der Waals surface area contributed by atoms with E-state index in [-0.39, 0.29) is 17.1 Å². The molecule has 0 fully saturated rings. The summed E-state index contributed by atoms with van der Waals surface area (Å²) in [6.07, 6.45) is 0. The van der Waals surface area contributed by atoms with Crippen LogP contribution in [0.1, 0.15) is 0 Å². The van der Waals surface area contributed by atoms with Gasteiger partial charge in [0.1, 0.15) is 11.5 Å². The van der Waals surface area contributed by atoms with Crippen LogP contribution in [0.25, 0.3) is 0 Å². The maximum Gasteiger partial charge on any atom is 0.190 e. The maximum atomic E-state index is 14.0. The van der Waals surface area contributed by atoms with E-state index in [4.69, 9.17) is 10.5 Å². The molecule has 3 N–H and O–H groups in total. The summed E-state index contributed by atoms with van der Waals surface area (Å²) in [5, 5.41) is 2.44. The van der Waals surface area contributed by atoms with Gasteiger partial charge in [0.2, 0.25) is 0 Å². The highest BCUT2D eigenvalue weighted by Gasteiger charge is 2.18. The smallest absolute Gasteiger partial charge is 0.190 e. The van der Waals surface area contributed by atoms with E-state index < -0.39 is 23.1 Å². The van der Waals surface area contributed by atoms with Gasteiger partial charge in [0.15, 0.2) is 17.4 Å². The largest absolute Gasteiger partial charge is 0.493 e. The summed E-state index contributed by atoms with van der Waals surface area (Å²) in [6.45, 7) is 0. The van der Waals surface area contributed by atoms with Crippen molar-refractivity contribution >= 4 is 33.0 Å². The zero-order chi connectivity index (χ0) is 14.9. The molecule has 0 saturated carbocycles. The average Bonchev–Trinajstić information content (AvgIpc) is 2.41. The molecule has 0 spiro atoms. The van der Waals surface area contributed by atoms with Crippen LogP contribution >= 0.6 is 15.9 Å². The quantitative estimate of drug-likeness (QED) is 0.818. The van der Waals surface area contributed by atoms with Gasteiger partial charge in [0.05, 0.1) is 18.5 Å². The zero-order valence-corrected chi connectivity index (χ0v) is 11.9. The Morgan fingerprint density at radius 2 is 1.85 bits per heavy atom. The predicted molar refractivity (Wildman–Crippen MR) is 74.7 cm³/mol. The summed E-state index contributed by atoms with van der Waals surface area (Å²) in [6, 6.07) is 4.94. The van der Waals surface area contributed by atoms with E-state index in [2.05, 4.69) is 21.2 Å². The number of rotatable bonds is 3. The first-order chi connectivity index (χ1) is 9.43. The van der Waals surface area contributed by atoms with Crippen LogP contribution < -0.4 is 15.8 Å². The van der Waals surface area contributed by atoms with E-state index in [0.717, 1.165) is 6.07 Å². The Balaban J connectivity index is 2.50. The number of hydrogen-bond acceptors (Lipinski definition) is 3. The number of halogens is 4. The molecule has 0 radical (unpaired) electrons. The molecular weight excluding hydrogens is 337 g/mol. The maximum absolute atomic E-state index is 14.0. The topological polar surface area (TPSA) is 47.3 Å². The molecule has 106 valence electrons. The van der Waals surface area contributed by atoms with Gasteiger partial charge in [-0.2, -0.15) is 0 Å². The minimum atomic E-state index is -0.895. The number of anilines is 3. The Labute approximate surface area is 121 Å². The lowest BCUT2D eigenvalue weighted by Crippen LogP contribution is -2.05. The summed E-state index contributed by atoms with van der Waals surface area (Å²) in [7, 11) is 1.19. The second-order valence-corrected chi connectivity index (χ2v) is 4.83. The highest BCUT2D eigenvalue weighted by Crippen LogP contribution is 2.35. The molecule has 7 heteroatoms. The van der Waals surface area contributed by atoms with E-state index >= 15 is 0 Å². The van der Waals surface area contributed by atoms with Crippen LogP contribution in [-0.4, -0.2) is 7.11 Å². The van der Waals surface area contributed by atoms with Crippen LogP contribution in [0.4, 0.5) is 30.2 Å². The third kappa shape index (κ3) is 2.67. The van der Waals surface area contributed by atoms with Crippen molar-refractivity contribution in [3.63, 3.8) is 0 Å². The lowest BCUT2D eigenvalue weighted by atomic mass is 10.2. The van der Waals surface area contributed by atoms with Gasteiger partial charge >= 0.3 is 0 Å². The van der Waals surface area contributed by atoms with Gasteiger partial charge in [-0.3, -0.25) is 0 Å². The van der Waals surface area contributed by atoms with Gasteiger partial charge in [0, 0.05) is 10.5 Å². The van der Waals surface area contributed by atoms with Crippen LogP contribution in [0.2, 0.25) is 0 Å². The van der Waals surface area contributed by atoms with Crippen molar-refractivity contribution in [2.45, 2.75) is 0 Å².